The van der Waals surface area contributed by atoms with Crippen LogP contribution in [0.3, 0.4) is 0 Å². The van der Waals surface area contributed by atoms with E-state index in [1.54, 1.807) is 37.4 Å². The highest BCUT2D eigenvalue weighted by molar-refractivity contribution is 5.81. The van der Waals surface area contributed by atoms with Crippen LogP contribution >= 0.6 is 0 Å². The summed E-state index contributed by atoms with van der Waals surface area (Å²) < 4.78 is 20.8. The maximum atomic E-state index is 14.2. The molecule has 0 bridgehead atoms. The Kier molecular flexibility index (Phi) is 3.47. The van der Waals surface area contributed by atoms with Gasteiger partial charge in [0.1, 0.15) is 23.0 Å². The molecule has 0 saturated heterocycles. The molecule has 1 aromatic carbocycles. The zero-order valence-corrected chi connectivity index (χ0v) is 13.1. The standard InChI is InChI=1S/C17H11FN6O/c1-10-15(23-25-22-10)17-21-16-13(18)3-2-4-14(16)24(17)9-11-5-6-12(7-19)20-8-11/h2-6,8H,9H2,1H3. The predicted molar refractivity (Wildman–Crippen MR) is 85.8 cm³/mol. The van der Waals surface area contributed by atoms with Crippen molar-refractivity contribution in [2.24, 2.45) is 0 Å². The molecule has 0 radical (unpaired) electrons. The van der Waals surface area contributed by atoms with Gasteiger partial charge in [0, 0.05) is 6.20 Å². The molecule has 3 aromatic heterocycles. The number of para-hydroxylation sites is 1. The van der Waals surface area contributed by atoms with E-state index in [4.69, 9.17) is 9.89 Å². The summed E-state index contributed by atoms with van der Waals surface area (Å²) in [6, 6.07) is 10.2. The molecular weight excluding hydrogens is 323 g/mol. The van der Waals surface area contributed by atoms with Gasteiger partial charge >= 0.3 is 0 Å². The third kappa shape index (κ3) is 2.52. The maximum absolute atomic E-state index is 14.2. The number of nitriles is 1. The van der Waals surface area contributed by atoms with Gasteiger partial charge in [-0.15, -0.1) is 0 Å². The van der Waals surface area contributed by atoms with E-state index in [0.717, 1.165) is 5.56 Å². The van der Waals surface area contributed by atoms with Crippen LogP contribution in [-0.2, 0) is 6.54 Å². The fraction of sp³-hybridized carbons (Fsp3) is 0.118. The normalized spacial score (nSPS) is 10.9. The van der Waals surface area contributed by atoms with Crippen molar-refractivity contribution >= 4 is 11.0 Å². The van der Waals surface area contributed by atoms with Crippen molar-refractivity contribution in [3.05, 3.63) is 59.3 Å². The molecule has 25 heavy (non-hydrogen) atoms. The monoisotopic (exact) mass is 334 g/mol. The Morgan fingerprint density at radius 2 is 2.12 bits per heavy atom. The lowest BCUT2D eigenvalue weighted by Crippen LogP contribution is -2.04. The minimum absolute atomic E-state index is 0.251. The first kappa shape index (κ1) is 15.0. The minimum Gasteiger partial charge on any atom is -0.318 e. The first-order chi connectivity index (χ1) is 12.2. The van der Waals surface area contributed by atoms with Crippen LogP contribution < -0.4 is 0 Å². The Bertz CT molecular complexity index is 1110. The van der Waals surface area contributed by atoms with Gasteiger partial charge in [0.15, 0.2) is 17.3 Å². The van der Waals surface area contributed by atoms with E-state index in [2.05, 4.69) is 20.3 Å². The van der Waals surface area contributed by atoms with Gasteiger partial charge in [-0.3, -0.25) is 0 Å². The predicted octanol–water partition coefficient (Wildman–Crippen LogP) is 2.85. The van der Waals surface area contributed by atoms with Crippen LogP contribution in [-0.4, -0.2) is 24.8 Å². The first-order valence-corrected chi connectivity index (χ1v) is 7.46. The molecule has 4 aromatic rings. The van der Waals surface area contributed by atoms with Crippen LogP contribution in [0.25, 0.3) is 22.6 Å². The number of halogens is 1. The number of aromatic nitrogens is 5. The number of benzene rings is 1. The van der Waals surface area contributed by atoms with Crippen molar-refractivity contribution in [2.45, 2.75) is 13.5 Å². The molecule has 0 spiro atoms. The molecule has 122 valence electrons. The first-order valence-electron chi connectivity index (χ1n) is 7.46. The van der Waals surface area contributed by atoms with Gasteiger partial charge in [-0.05, 0) is 35.8 Å². The van der Waals surface area contributed by atoms with Gasteiger partial charge in [0.05, 0.1) is 12.1 Å². The van der Waals surface area contributed by atoms with Crippen molar-refractivity contribution in [1.29, 1.82) is 5.26 Å². The number of nitrogens with zero attached hydrogens (tertiary/aromatic N) is 6. The molecule has 0 aliphatic carbocycles. The van der Waals surface area contributed by atoms with Crippen molar-refractivity contribution in [3.63, 3.8) is 0 Å². The van der Waals surface area contributed by atoms with E-state index in [9.17, 15) is 4.39 Å². The number of fused-ring (bicyclic) bond motifs is 1. The maximum Gasteiger partial charge on any atom is 0.173 e. The van der Waals surface area contributed by atoms with Crippen LogP contribution in [0.4, 0.5) is 4.39 Å². The fourth-order valence-electron chi connectivity index (χ4n) is 2.65. The van der Waals surface area contributed by atoms with Crippen molar-refractivity contribution in [2.75, 3.05) is 0 Å². The molecule has 8 heteroatoms. The molecular formula is C17H11FN6O. The molecule has 0 atom stereocenters. The third-order valence-corrected chi connectivity index (χ3v) is 3.87. The summed E-state index contributed by atoms with van der Waals surface area (Å²) in [5.74, 6) is 0.0489. The second kappa shape index (κ2) is 5.79. The fourth-order valence-corrected chi connectivity index (χ4v) is 2.65. The second-order valence-corrected chi connectivity index (χ2v) is 5.49. The largest absolute Gasteiger partial charge is 0.318 e. The van der Waals surface area contributed by atoms with Crippen LogP contribution in [0, 0.1) is 24.1 Å². The van der Waals surface area contributed by atoms with Crippen LogP contribution in [0.5, 0.6) is 0 Å². The van der Waals surface area contributed by atoms with Crippen molar-refractivity contribution in [1.82, 2.24) is 24.8 Å². The number of hydrogen-bond donors (Lipinski definition) is 0. The highest BCUT2D eigenvalue weighted by Crippen LogP contribution is 2.27. The quantitative estimate of drug-likeness (QED) is 0.572. The van der Waals surface area contributed by atoms with Crippen LogP contribution in [0.2, 0.25) is 0 Å². The number of hydrogen-bond acceptors (Lipinski definition) is 6. The van der Waals surface area contributed by atoms with Gasteiger partial charge in [-0.1, -0.05) is 17.3 Å². The van der Waals surface area contributed by atoms with E-state index in [0.29, 0.717) is 35.0 Å². The molecule has 7 nitrogen and oxygen atoms in total. The van der Waals surface area contributed by atoms with Crippen molar-refractivity contribution in [3.8, 4) is 17.6 Å². The second-order valence-electron chi connectivity index (χ2n) is 5.49. The SMILES string of the molecule is Cc1nonc1-c1nc2c(F)cccc2n1Cc1ccc(C#N)nc1. The van der Waals surface area contributed by atoms with E-state index >= 15 is 0 Å². The smallest absolute Gasteiger partial charge is 0.173 e. The van der Waals surface area contributed by atoms with E-state index in [-0.39, 0.29) is 5.52 Å². The molecule has 0 aliphatic heterocycles. The Labute approximate surface area is 141 Å². The highest BCUT2D eigenvalue weighted by atomic mass is 19.1. The molecule has 0 amide bonds. The molecule has 0 fully saturated rings. The van der Waals surface area contributed by atoms with E-state index in [1.807, 2.05) is 10.6 Å². The van der Waals surface area contributed by atoms with Gasteiger partial charge in [-0.25, -0.2) is 19.0 Å². The summed E-state index contributed by atoms with van der Waals surface area (Å²) in [5.41, 5.74) is 3.08. The number of aryl methyl sites for hydroxylation is 1. The topological polar surface area (TPSA) is 93.4 Å². The summed E-state index contributed by atoms with van der Waals surface area (Å²) >= 11 is 0. The lowest BCUT2D eigenvalue weighted by atomic mass is 10.2. The Morgan fingerprint density at radius 3 is 2.80 bits per heavy atom. The third-order valence-electron chi connectivity index (χ3n) is 3.87. The Morgan fingerprint density at radius 1 is 1.24 bits per heavy atom. The summed E-state index contributed by atoms with van der Waals surface area (Å²) in [7, 11) is 0. The van der Waals surface area contributed by atoms with E-state index in [1.165, 1.54) is 6.07 Å². The number of pyridine rings is 1. The average molecular weight is 334 g/mol. The average Bonchev–Trinajstić information content (AvgIpc) is 3.20. The Balaban J connectivity index is 1.90. The minimum atomic E-state index is -0.412. The number of rotatable bonds is 3. The van der Waals surface area contributed by atoms with Crippen LogP contribution in [0.1, 0.15) is 17.0 Å². The van der Waals surface area contributed by atoms with Crippen molar-refractivity contribution < 1.29 is 9.02 Å². The van der Waals surface area contributed by atoms with Gasteiger partial charge in [-0.2, -0.15) is 5.26 Å². The van der Waals surface area contributed by atoms with Gasteiger partial charge in [0.2, 0.25) is 0 Å². The molecule has 0 aliphatic rings. The lowest BCUT2D eigenvalue weighted by molar-refractivity contribution is 0.305. The van der Waals surface area contributed by atoms with Gasteiger partial charge < -0.3 is 4.57 Å². The molecule has 4 rings (SSSR count). The number of imidazole rings is 1. The molecule has 0 saturated carbocycles. The summed E-state index contributed by atoms with van der Waals surface area (Å²) in [5, 5.41) is 16.5. The summed E-state index contributed by atoms with van der Waals surface area (Å²) in [4.78, 5) is 8.47. The lowest BCUT2D eigenvalue weighted by Gasteiger charge is -2.08. The van der Waals surface area contributed by atoms with Gasteiger partial charge in [0.25, 0.3) is 0 Å². The molecule has 0 unspecified atom stereocenters. The zero-order chi connectivity index (χ0) is 17.4. The molecule has 3 heterocycles. The van der Waals surface area contributed by atoms with Crippen LogP contribution in [0.15, 0.2) is 41.2 Å². The highest BCUT2D eigenvalue weighted by Gasteiger charge is 2.20. The summed E-state index contributed by atoms with van der Waals surface area (Å²) in [6.45, 7) is 2.13. The Hall–Kier alpha value is -3.60. The van der Waals surface area contributed by atoms with E-state index < -0.39 is 5.82 Å². The summed E-state index contributed by atoms with van der Waals surface area (Å²) in [6.07, 6.45) is 1.61. The zero-order valence-electron chi connectivity index (χ0n) is 13.1. The molecule has 0 N–H and O–H groups in total.